The molecule has 0 aromatic rings. The summed E-state index contributed by atoms with van der Waals surface area (Å²) in [6, 6.07) is -0.968. The summed E-state index contributed by atoms with van der Waals surface area (Å²) in [5.41, 5.74) is -0.0316. The first kappa shape index (κ1) is 12.0. The van der Waals surface area contributed by atoms with Crippen molar-refractivity contribution in [1.29, 1.82) is 0 Å². The highest BCUT2D eigenvalue weighted by Gasteiger charge is 2.36. The molecule has 0 aliphatic carbocycles. The Morgan fingerprint density at radius 2 is 2.12 bits per heavy atom. The zero-order valence-corrected chi connectivity index (χ0v) is 10.8. The first-order valence-electron chi connectivity index (χ1n) is 5.95. The van der Waals surface area contributed by atoms with E-state index in [2.05, 4.69) is 4.74 Å². The summed E-state index contributed by atoms with van der Waals surface area (Å²) in [5, 5.41) is 0. The van der Waals surface area contributed by atoms with Gasteiger partial charge in [-0.2, -0.15) is 0 Å². The lowest BCUT2D eigenvalue weighted by atomic mass is 10.1. The van der Waals surface area contributed by atoms with E-state index in [1.165, 1.54) is 13.3 Å². The van der Waals surface area contributed by atoms with Crippen molar-refractivity contribution in [2.75, 3.05) is 7.11 Å². The molecule has 0 saturated heterocycles. The van der Waals surface area contributed by atoms with Gasteiger partial charge in [-0.05, 0) is 27.7 Å². The maximum Gasteiger partial charge on any atom is 0.415 e. The summed E-state index contributed by atoms with van der Waals surface area (Å²) in [7, 11) is 1.23. The second-order valence-electron chi connectivity index (χ2n) is 4.90. The molecule has 0 bridgehead atoms. The summed E-state index contributed by atoms with van der Waals surface area (Å²) in [6.07, 6.45) is 0.00446. The molecule has 1 rings (SSSR count). The smallest absolute Gasteiger partial charge is 0.415 e. The van der Waals surface area contributed by atoms with Gasteiger partial charge in [0, 0.05) is 14.0 Å². The second kappa shape index (κ2) is 4.77. The van der Waals surface area contributed by atoms with E-state index >= 15 is 0 Å². The molecule has 0 spiro atoms. The monoisotopic (exact) mass is 242 g/mol. The predicted octanol–water partition coefficient (Wildman–Crippen LogP) is 2.07. The highest BCUT2D eigenvalue weighted by atomic mass is 16.6. The van der Waals surface area contributed by atoms with E-state index in [9.17, 15) is 9.59 Å². The van der Waals surface area contributed by atoms with Crippen molar-refractivity contribution in [2.24, 2.45) is 0 Å². The third-order valence-electron chi connectivity index (χ3n) is 2.11. The highest BCUT2D eigenvalue weighted by molar-refractivity contribution is 5.83. The summed E-state index contributed by atoms with van der Waals surface area (Å²) in [4.78, 5) is 24.7. The molecule has 1 aliphatic rings. The fraction of sp³-hybridized carbons (Fsp3) is 0.667. The fourth-order valence-electron chi connectivity index (χ4n) is 1.46. The summed E-state index contributed by atoms with van der Waals surface area (Å²) in [6.45, 7) is 6.91. The summed E-state index contributed by atoms with van der Waals surface area (Å²) < 4.78 is 17.7. The molecule has 0 radical (unpaired) electrons. The molecule has 5 heteroatoms. The molecule has 1 heterocycles. The first-order valence-corrected chi connectivity index (χ1v) is 5.37. The van der Waals surface area contributed by atoms with Gasteiger partial charge in [-0.1, -0.05) is 5.57 Å². The van der Waals surface area contributed by atoms with Gasteiger partial charge in [-0.15, -0.1) is 0 Å². The van der Waals surface area contributed by atoms with E-state index in [-0.39, 0.29) is 0 Å². The molecule has 2 atom stereocenters. The van der Waals surface area contributed by atoms with E-state index in [0.29, 0.717) is 5.57 Å². The molecule has 0 aromatic carbocycles. The number of rotatable bonds is 1. The van der Waals surface area contributed by atoms with Crippen molar-refractivity contribution >= 4 is 12.1 Å². The predicted molar refractivity (Wildman–Crippen MR) is 62.3 cm³/mol. The van der Waals surface area contributed by atoms with E-state index in [1.54, 1.807) is 27.7 Å². The average molecular weight is 242 g/mol. The lowest BCUT2D eigenvalue weighted by Gasteiger charge is -2.26. The van der Waals surface area contributed by atoms with Gasteiger partial charge in [0.15, 0.2) is 0 Å². The number of carbonyl (C=O) groups excluding carboxylic acids is 2. The van der Waals surface area contributed by atoms with Crippen molar-refractivity contribution < 1.29 is 20.4 Å². The summed E-state index contributed by atoms with van der Waals surface area (Å²) in [5.74, 6) is -0.617. The van der Waals surface area contributed by atoms with Gasteiger partial charge >= 0.3 is 12.1 Å². The Balaban J connectivity index is 2.91. The van der Waals surface area contributed by atoms with Crippen LogP contribution in [0.5, 0.6) is 0 Å². The largest absolute Gasteiger partial charge is 0.467 e. The Bertz CT molecular complexity index is 386. The Morgan fingerprint density at radius 3 is 2.59 bits per heavy atom. The van der Waals surface area contributed by atoms with Crippen LogP contribution >= 0.6 is 0 Å². The highest BCUT2D eigenvalue weighted by Crippen LogP contribution is 2.24. The van der Waals surface area contributed by atoms with E-state index in [4.69, 9.17) is 6.11 Å². The number of carbonyl (C=O) groups is 2. The quantitative estimate of drug-likeness (QED) is 0.660. The normalized spacial score (nSPS) is 25.1. The Morgan fingerprint density at radius 1 is 1.53 bits per heavy atom. The van der Waals surface area contributed by atoms with Crippen LogP contribution in [0.3, 0.4) is 0 Å². The van der Waals surface area contributed by atoms with Gasteiger partial charge in [0.1, 0.15) is 11.6 Å². The molecule has 17 heavy (non-hydrogen) atoms. The maximum absolute atomic E-state index is 12.0. The molecular weight excluding hydrogens is 222 g/mol. The Labute approximate surface area is 103 Å². The van der Waals surface area contributed by atoms with Crippen molar-refractivity contribution in [3.05, 3.63) is 11.8 Å². The summed E-state index contributed by atoms with van der Waals surface area (Å²) >= 11 is 0. The van der Waals surface area contributed by atoms with Crippen molar-refractivity contribution in [1.82, 2.24) is 4.90 Å². The van der Waals surface area contributed by atoms with Crippen molar-refractivity contribution in [3.63, 3.8) is 0 Å². The minimum absolute atomic E-state index is 0.617. The van der Waals surface area contributed by atoms with Crippen LogP contribution in [0.4, 0.5) is 4.79 Å². The SMILES string of the molecule is [2H][C@@H]1C(C)=CN(C(=O)OC(C)(C)C)[C@@H]1C(=O)OC. The number of methoxy groups -OCH3 is 1. The zero-order chi connectivity index (χ0) is 14.1. The van der Waals surface area contributed by atoms with E-state index in [1.807, 2.05) is 0 Å². The third-order valence-corrected chi connectivity index (χ3v) is 2.11. The average Bonchev–Trinajstić information content (AvgIpc) is 2.52. The van der Waals surface area contributed by atoms with Crippen LogP contribution < -0.4 is 0 Å². The van der Waals surface area contributed by atoms with Gasteiger partial charge < -0.3 is 9.47 Å². The molecule has 1 amide bonds. The van der Waals surface area contributed by atoms with Gasteiger partial charge in [0.2, 0.25) is 0 Å². The minimum atomic E-state index is -0.968. The van der Waals surface area contributed by atoms with Crippen LogP contribution in [0.25, 0.3) is 0 Å². The van der Waals surface area contributed by atoms with E-state index in [0.717, 1.165) is 4.90 Å². The molecule has 96 valence electrons. The Kier molecular flexibility index (Phi) is 3.36. The van der Waals surface area contributed by atoms with Crippen LogP contribution in [0.1, 0.15) is 35.5 Å². The molecule has 1 aliphatic heterocycles. The minimum Gasteiger partial charge on any atom is -0.467 e. The van der Waals surface area contributed by atoms with Gasteiger partial charge in [0.05, 0.1) is 7.11 Å². The van der Waals surface area contributed by atoms with Crippen LogP contribution in [-0.2, 0) is 14.3 Å². The molecule has 0 N–H and O–H groups in total. The molecule has 5 nitrogen and oxygen atoms in total. The molecular formula is C12H19NO4. The molecule has 0 aromatic heterocycles. The lowest BCUT2D eigenvalue weighted by Crippen LogP contribution is -2.42. The second-order valence-corrected chi connectivity index (χ2v) is 4.90. The van der Waals surface area contributed by atoms with Gasteiger partial charge in [-0.25, -0.2) is 9.59 Å². The molecule has 0 unspecified atom stereocenters. The number of hydrogen-bond donors (Lipinski definition) is 0. The number of esters is 1. The number of nitrogens with zero attached hydrogens (tertiary/aromatic N) is 1. The topological polar surface area (TPSA) is 55.8 Å². The van der Waals surface area contributed by atoms with Gasteiger partial charge in [-0.3, -0.25) is 4.90 Å². The van der Waals surface area contributed by atoms with Crippen LogP contribution in [0.2, 0.25) is 0 Å². The zero-order valence-electron chi connectivity index (χ0n) is 11.8. The maximum atomic E-state index is 12.0. The number of hydrogen-bond acceptors (Lipinski definition) is 4. The standard InChI is InChI=1S/C12H19NO4/c1-8-6-9(10(14)16-5)13(7-8)11(15)17-12(2,3)4/h7,9H,6H2,1-5H3/t9-/m0/s1/i6D/t6-,9+/m1. The Hall–Kier alpha value is -1.52. The van der Waals surface area contributed by atoms with Crippen LogP contribution in [0.15, 0.2) is 11.8 Å². The van der Waals surface area contributed by atoms with Gasteiger partial charge in [0.25, 0.3) is 0 Å². The fourth-order valence-corrected chi connectivity index (χ4v) is 1.46. The third kappa shape index (κ3) is 3.47. The van der Waals surface area contributed by atoms with Crippen LogP contribution in [0, 0.1) is 0 Å². The van der Waals surface area contributed by atoms with Crippen molar-refractivity contribution in [3.8, 4) is 0 Å². The lowest BCUT2D eigenvalue weighted by molar-refractivity contribution is -0.145. The van der Waals surface area contributed by atoms with Crippen LogP contribution in [-0.4, -0.2) is 35.7 Å². The first-order chi connectivity index (χ1) is 8.17. The number of amides is 1. The van der Waals surface area contributed by atoms with E-state index < -0.39 is 30.1 Å². The molecule has 0 fully saturated rings. The molecule has 0 saturated carbocycles. The van der Waals surface area contributed by atoms with Crippen molar-refractivity contribution in [2.45, 2.75) is 45.7 Å². The number of ether oxygens (including phenoxy) is 2.